The van der Waals surface area contributed by atoms with Gasteiger partial charge in [0, 0.05) is 3.57 Å². The summed E-state index contributed by atoms with van der Waals surface area (Å²) in [6, 6.07) is 5.33. The maximum atomic E-state index is 10.6. The molecule has 1 rings (SSSR count). The molecule has 0 saturated carbocycles. The lowest BCUT2D eigenvalue weighted by atomic mass is 10.3. The molecule has 7 heteroatoms. The summed E-state index contributed by atoms with van der Waals surface area (Å²) in [5, 5.41) is 0.492. The Bertz CT molecular complexity index is 461. The first-order valence-corrected chi connectivity index (χ1v) is 7.58. The van der Waals surface area contributed by atoms with Crippen LogP contribution in [0.15, 0.2) is 18.2 Å². The zero-order valence-electron chi connectivity index (χ0n) is 8.44. The Morgan fingerprint density at radius 2 is 2.06 bits per heavy atom. The van der Waals surface area contributed by atoms with Crippen molar-refractivity contribution in [3.8, 4) is 5.75 Å². The fourth-order valence-corrected chi connectivity index (χ4v) is 2.21. The predicted octanol–water partition coefficient (Wildman–Crippen LogP) is 2.30. The van der Waals surface area contributed by atoms with Gasteiger partial charge in [0.25, 0.3) is 10.1 Å². The number of ether oxygens (including phenoxy) is 1. The lowest BCUT2D eigenvalue weighted by Gasteiger charge is -2.07. The molecule has 0 aliphatic heterocycles. The van der Waals surface area contributed by atoms with Gasteiger partial charge in [-0.25, -0.2) is 0 Å². The average Bonchev–Trinajstić information content (AvgIpc) is 2.13. The molecule has 0 amide bonds. The second kappa shape index (κ2) is 6.04. The molecule has 0 aliphatic rings. The lowest BCUT2D eigenvalue weighted by Crippen LogP contribution is -2.11. The van der Waals surface area contributed by atoms with Crippen LogP contribution in [0, 0.1) is 3.57 Å². The standard InChI is InChI=1S/C9H10ClIO4S/c1-16(12,13)15-5-4-14-9-3-2-7(11)6-8(9)10/h2-3,6H,4-5H2,1H3. The van der Waals surface area contributed by atoms with Crippen LogP contribution in [0.4, 0.5) is 0 Å². The minimum absolute atomic E-state index is 0.0266. The normalized spacial score (nSPS) is 11.4. The van der Waals surface area contributed by atoms with E-state index < -0.39 is 10.1 Å². The third kappa shape index (κ3) is 5.33. The van der Waals surface area contributed by atoms with Crippen molar-refractivity contribution in [1.29, 1.82) is 0 Å². The van der Waals surface area contributed by atoms with E-state index in [1.54, 1.807) is 12.1 Å². The zero-order chi connectivity index (χ0) is 12.2. The van der Waals surface area contributed by atoms with E-state index in [1.807, 2.05) is 6.07 Å². The molecule has 1 aromatic carbocycles. The molecule has 0 bridgehead atoms. The molecular formula is C9H10ClIO4S. The highest BCUT2D eigenvalue weighted by Crippen LogP contribution is 2.25. The lowest BCUT2D eigenvalue weighted by molar-refractivity contribution is 0.222. The Kier molecular flexibility index (Phi) is 5.29. The third-order valence-electron chi connectivity index (χ3n) is 1.53. The molecule has 4 nitrogen and oxygen atoms in total. The number of hydrogen-bond donors (Lipinski definition) is 0. The van der Waals surface area contributed by atoms with Gasteiger partial charge in [-0.05, 0) is 40.8 Å². The van der Waals surface area contributed by atoms with Gasteiger partial charge in [-0.1, -0.05) is 11.6 Å². The summed E-state index contributed by atoms with van der Waals surface area (Å²) >= 11 is 8.04. The van der Waals surface area contributed by atoms with Gasteiger partial charge in [0.05, 0.1) is 11.3 Å². The van der Waals surface area contributed by atoms with Crippen molar-refractivity contribution < 1.29 is 17.3 Å². The molecule has 0 N–H and O–H groups in total. The van der Waals surface area contributed by atoms with E-state index in [9.17, 15) is 8.42 Å². The molecule has 0 fully saturated rings. The molecule has 16 heavy (non-hydrogen) atoms. The second-order valence-corrected chi connectivity index (χ2v) is 6.25. The Labute approximate surface area is 113 Å². The molecule has 0 unspecified atom stereocenters. The smallest absolute Gasteiger partial charge is 0.264 e. The number of rotatable bonds is 5. The maximum absolute atomic E-state index is 10.6. The zero-order valence-corrected chi connectivity index (χ0v) is 12.2. The fraction of sp³-hybridized carbons (Fsp3) is 0.333. The summed E-state index contributed by atoms with van der Waals surface area (Å²) in [5.74, 6) is 0.513. The van der Waals surface area contributed by atoms with E-state index >= 15 is 0 Å². The van der Waals surface area contributed by atoms with Gasteiger partial charge in [-0.3, -0.25) is 4.18 Å². The van der Waals surface area contributed by atoms with Crippen LogP contribution in [0.2, 0.25) is 5.02 Å². The highest BCUT2D eigenvalue weighted by Gasteiger charge is 2.04. The summed E-state index contributed by atoms with van der Waals surface area (Å²) < 4.78 is 32.1. The first-order valence-electron chi connectivity index (χ1n) is 4.31. The highest BCUT2D eigenvalue weighted by atomic mass is 127. The Morgan fingerprint density at radius 1 is 1.38 bits per heavy atom. The monoisotopic (exact) mass is 376 g/mol. The van der Waals surface area contributed by atoms with Gasteiger partial charge in [-0.2, -0.15) is 8.42 Å². The van der Waals surface area contributed by atoms with Crippen LogP contribution >= 0.6 is 34.2 Å². The van der Waals surface area contributed by atoms with Gasteiger partial charge >= 0.3 is 0 Å². The fourth-order valence-electron chi connectivity index (χ4n) is 0.929. The van der Waals surface area contributed by atoms with Gasteiger partial charge in [0.1, 0.15) is 19.0 Å². The molecule has 0 saturated heterocycles. The molecule has 1 aromatic rings. The van der Waals surface area contributed by atoms with Gasteiger partial charge in [0.2, 0.25) is 0 Å². The van der Waals surface area contributed by atoms with Gasteiger partial charge < -0.3 is 4.74 Å². The number of benzene rings is 1. The van der Waals surface area contributed by atoms with Crippen LogP contribution in [-0.4, -0.2) is 27.9 Å². The molecule has 0 heterocycles. The molecule has 0 radical (unpaired) electrons. The number of halogens is 2. The molecule has 0 spiro atoms. The van der Waals surface area contributed by atoms with Crippen LogP contribution in [0.5, 0.6) is 5.75 Å². The molecule has 90 valence electrons. The van der Waals surface area contributed by atoms with E-state index in [0.29, 0.717) is 10.8 Å². The van der Waals surface area contributed by atoms with Crippen molar-refractivity contribution in [2.75, 3.05) is 19.5 Å². The Balaban J connectivity index is 2.43. The largest absolute Gasteiger partial charge is 0.490 e. The highest BCUT2D eigenvalue weighted by molar-refractivity contribution is 14.1. The number of hydrogen-bond acceptors (Lipinski definition) is 4. The van der Waals surface area contributed by atoms with Crippen molar-refractivity contribution in [3.63, 3.8) is 0 Å². The van der Waals surface area contributed by atoms with Gasteiger partial charge in [0.15, 0.2) is 0 Å². The molecular weight excluding hydrogens is 367 g/mol. The Hall–Kier alpha value is -0.0500. The van der Waals surface area contributed by atoms with Crippen molar-refractivity contribution >= 4 is 44.3 Å². The second-order valence-electron chi connectivity index (χ2n) is 2.95. The summed E-state index contributed by atoms with van der Waals surface area (Å²) in [5.41, 5.74) is 0. The predicted molar refractivity (Wildman–Crippen MR) is 70.5 cm³/mol. The van der Waals surface area contributed by atoms with Crippen LogP contribution in [0.1, 0.15) is 0 Å². The average molecular weight is 377 g/mol. The van der Waals surface area contributed by atoms with Crippen molar-refractivity contribution in [2.24, 2.45) is 0 Å². The molecule has 0 aliphatic carbocycles. The van der Waals surface area contributed by atoms with Crippen LogP contribution in [0.25, 0.3) is 0 Å². The van der Waals surface area contributed by atoms with Crippen LogP contribution in [-0.2, 0) is 14.3 Å². The van der Waals surface area contributed by atoms with Crippen molar-refractivity contribution in [3.05, 3.63) is 26.8 Å². The van der Waals surface area contributed by atoms with E-state index in [2.05, 4.69) is 26.8 Å². The van der Waals surface area contributed by atoms with Crippen molar-refractivity contribution in [1.82, 2.24) is 0 Å². The summed E-state index contributed by atoms with van der Waals surface area (Å²) in [4.78, 5) is 0. The van der Waals surface area contributed by atoms with Gasteiger partial charge in [-0.15, -0.1) is 0 Å². The van der Waals surface area contributed by atoms with E-state index in [1.165, 1.54) is 0 Å². The molecule has 0 atom stereocenters. The molecule has 0 aromatic heterocycles. The van der Waals surface area contributed by atoms with E-state index in [4.69, 9.17) is 16.3 Å². The summed E-state index contributed by atoms with van der Waals surface area (Å²) in [7, 11) is -3.41. The minimum atomic E-state index is -3.41. The Morgan fingerprint density at radius 3 is 2.62 bits per heavy atom. The SMILES string of the molecule is CS(=O)(=O)OCCOc1ccc(I)cc1Cl. The van der Waals surface area contributed by atoms with E-state index in [0.717, 1.165) is 9.83 Å². The topological polar surface area (TPSA) is 52.6 Å². The first kappa shape index (κ1) is 14.0. The van der Waals surface area contributed by atoms with E-state index in [-0.39, 0.29) is 13.2 Å². The quantitative estimate of drug-likeness (QED) is 0.449. The minimum Gasteiger partial charge on any atom is -0.490 e. The summed E-state index contributed by atoms with van der Waals surface area (Å²) in [6.45, 7) is 0.106. The maximum Gasteiger partial charge on any atom is 0.264 e. The van der Waals surface area contributed by atoms with Crippen LogP contribution in [0.3, 0.4) is 0 Å². The third-order valence-corrected chi connectivity index (χ3v) is 3.09. The van der Waals surface area contributed by atoms with Crippen LogP contribution < -0.4 is 4.74 Å². The first-order chi connectivity index (χ1) is 7.38. The van der Waals surface area contributed by atoms with Crippen molar-refractivity contribution in [2.45, 2.75) is 0 Å². The summed E-state index contributed by atoms with van der Waals surface area (Å²) in [6.07, 6.45) is 0.991.